The first-order chi connectivity index (χ1) is 8.23. The van der Waals surface area contributed by atoms with Crippen molar-refractivity contribution < 1.29 is 26.3 Å². The summed E-state index contributed by atoms with van der Waals surface area (Å²) in [6, 6.07) is -0.494. The van der Waals surface area contributed by atoms with Crippen LogP contribution < -0.4 is 10.6 Å². The normalized spacial score (nSPS) is 15.9. The zero-order valence-corrected chi connectivity index (χ0v) is 11.3. The predicted molar refractivity (Wildman–Crippen MR) is 60.8 cm³/mol. The molecule has 0 spiro atoms. The number of hydrogen-bond donors (Lipinski definition) is 2. The molecule has 8 heteroatoms. The molecule has 1 unspecified atom stereocenters. The van der Waals surface area contributed by atoms with Gasteiger partial charge in [-0.05, 0) is 27.7 Å². The van der Waals surface area contributed by atoms with Crippen LogP contribution in [0.5, 0.6) is 0 Å². The van der Waals surface area contributed by atoms with Crippen LogP contribution in [-0.2, 0) is 0 Å². The third-order valence-electron chi connectivity index (χ3n) is 2.40. The van der Waals surface area contributed by atoms with Gasteiger partial charge in [-0.15, -0.1) is 0 Å². The van der Waals surface area contributed by atoms with Crippen LogP contribution in [-0.4, -0.2) is 37.0 Å². The molecular weight excluding hydrogens is 274 g/mol. The average molecular weight is 294 g/mol. The molecule has 19 heavy (non-hydrogen) atoms. The van der Waals surface area contributed by atoms with Crippen LogP contribution in [0.4, 0.5) is 26.3 Å². The zero-order chi connectivity index (χ0) is 15.5. The molecule has 2 N–H and O–H groups in total. The maximum atomic E-state index is 12.3. The summed E-state index contributed by atoms with van der Waals surface area (Å²) in [6.45, 7) is 6.21. The smallest absolute Gasteiger partial charge is 0.312 e. The maximum absolute atomic E-state index is 12.3. The van der Waals surface area contributed by atoms with Gasteiger partial charge in [-0.25, -0.2) is 0 Å². The summed E-state index contributed by atoms with van der Waals surface area (Å²) < 4.78 is 73.6. The second-order valence-electron chi connectivity index (χ2n) is 5.58. The first-order valence-corrected chi connectivity index (χ1v) is 5.85. The Labute approximate surface area is 108 Å². The van der Waals surface area contributed by atoms with Gasteiger partial charge in [0.1, 0.15) is 0 Å². The Kier molecular flexibility index (Phi) is 6.13. The highest BCUT2D eigenvalue weighted by atomic mass is 19.4. The molecule has 0 aliphatic rings. The third kappa shape index (κ3) is 8.30. The molecule has 0 bridgehead atoms. The molecule has 116 valence electrons. The summed E-state index contributed by atoms with van der Waals surface area (Å²) in [5.74, 6) is -3.34. The fourth-order valence-electron chi connectivity index (χ4n) is 1.27. The van der Waals surface area contributed by atoms with Crippen LogP contribution in [0.1, 0.15) is 27.7 Å². The van der Waals surface area contributed by atoms with Crippen LogP contribution in [0, 0.1) is 5.92 Å². The first kappa shape index (κ1) is 18.5. The van der Waals surface area contributed by atoms with Crippen LogP contribution >= 0.6 is 0 Å². The van der Waals surface area contributed by atoms with Crippen molar-refractivity contribution in [2.45, 2.75) is 51.6 Å². The fraction of sp³-hybridized carbons (Fsp3) is 1.00. The van der Waals surface area contributed by atoms with Gasteiger partial charge in [0.15, 0.2) is 5.92 Å². The molecule has 0 radical (unpaired) electrons. The van der Waals surface area contributed by atoms with Gasteiger partial charge in [0.05, 0.1) is 0 Å². The van der Waals surface area contributed by atoms with Gasteiger partial charge in [0.25, 0.3) is 0 Å². The molecule has 1 atom stereocenters. The lowest BCUT2D eigenvalue weighted by molar-refractivity contribution is -0.282. The molecule has 0 amide bonds. The van der Waals surface area contributed by atoms with Crippen molar-refractivity contribution in [3.63, 3.8) is 0 Å². The number of nitrogens with one attached hydrogen (secondary N) is 2. The van der Waals surface area contributed by atoms with Crippen molar-refractivity contribution in [3.05, 3.63) is 0 Å². The highest BCUT2D eigenvalue weighted by Gasteiger charge is 2.56. The minimum absolute atomic E-state index is 0.247. The van der Waals surface area contributed by atoms with Crippen LogP contribution in [0.15, 0.2) is 0 Å². The van der Waals surface area contributed by atoms with E-state index in [1.807, 2.05) is 20.8 Å². The van der Waals surface area contributed by atoms with E-state index < -0.39 is 30.9 Å². The van der Waals surface area contributed by atoms with Gasteiger partial charge < -0.3 is 10.6 Å². The van der Waals surface area contributed by atoms with E-state index in [0.29, 0.717) is 0 Å². The molecular formula is C11H20F6N2. The fourth-order valence-corrected chi connectivity index (χ4v) is 1.27. The molecule has 0 rings (SSSR count). The van der Waals surface area contributed by atoms with E-state index >= 15 is 0 Å². The topological polar surface area (TPSA) is 24.1 Å². The first-order valence-electron chi connectivity index (χ1n) is 5.85. The standard InChI is InChI=1S/C11H20F6N2/c1-7(5-19-9(2,3)4)18-6-8(10(12,13)14)11(15,16)17/h7-8,18-19H,5-6H2,1-4H3. The van der Waals surface area contributed by atoms with Crippen LogP contribution in [0.25, 0.3) is 0 Å². The lowest BCUT2D eigenvalue weighted by Crippen LogP contribution is -2.49. The summed E-state index contributed by atoms with van der Waals surface area (Å²) >= 11 is 0. The Bertz CT molecular complexity index is 252. The van der Waals surface area contributed by atoms with Gasteiger partial charge >= 0.3 is 12.4 Å². The molecule has 0 aromatic rings. The Morgan fingerprint density at radius 1 is 0.842 bits per heavy atom. The largest absolute Gasteiger partial charge is 0.401 e. The third-order valence-corrected chi connectivity index (χ3v) is 2.40. The molecule has 0 fully saturated rings. The van der Waals surface area contributed by atoms with Gasteiger partial charge in [-0.1, -0.05) is 0 Å². The van der Waals surface area contributed by atoms with Gasteiger partial charge in [-0.3, -0.25) is 0 Å². The van der Waals surface area contributed by atoms with E-state index in [2.05, 4.69) is 10.6 Å². The van der Waals surface area contributed by atoms with Crippen molar-refractivity contribution >= 4 is 0 Å². The molecule has 0 aliphatic carbocycles. The quantitative estimate of drug-likeness (QED) is 0.761. The Hall–Kier alpha value is -0.500. The Balaban J connectivity index is 4.35. The van der Waals surface area contributed by atoms with Crippen LogP contribution in [0.2, 0.25) is 0 Å². The molecule has 0 saturated heterocycles. The van der Waals surface area contributed by atoms with Crippen LogP contribution in [0.3, 0.4) is 0 Å². The summed E-state index contributed by atoms with van der Waals surface area (Å²) in [5, 5.41) is 5.26. The average Bonchev–Trinajstić information content (AvgIpc) is 2.09. The number of rotatable bonds is 5. The molecule has 0 saturated carbocycles. The second-order valence-corrected chi connectivity index (χ2v) is 5.58. The number of alkyl halides is 6. The van der Waals surface area contributed by atoms with Gasteiger partial charge in [0.2, 0.25) is 0 Å². The minimum atomic E-state index is -5.29. The lowest BCUT2D eigenvalue weighted by atomic mass is 10.1. The maximum Gasteiger partial charge on any atom is 0.401 e. The highest BCUT2D eigenvalue weighted by molar-refractivity contribution is 4.80. The van der Waals surface area contributed by atoms with Crippen molar-refractivity contribution in [1.82, 2.24) is 10.6 Å². The summed E-state index contributed by atoms with van der Waals surface area (Å²) in [5.41, 5.74) is -0.247. The molecule has 0 aromatic heterocycles. The van der Waals surface area contributed by atoms with E-state index in [-0.39, 0.29) is 12.1 Å². The zero-order valence-electron chi connectivity index (χ0n) is 11.3. The van der Waals surface area contributed by atoms with Crippen molar-refractivity contribution in [2.75, 3.05) is 13.1 Å². The number of halogens is 6. The molecule has 2 nitrogen and oxygen atoms in total. The van der Waals surface area contributed by atoms with Crippen molar-refractivity contribution in [3.8, 4) is 0 Å². The SMILES string of the molecule is CC(CNC(C)(C)C)NCC(C(F)(F)F)C(F)(F)F. The lowest BCUT2D eigenvalue weighted by Gasteiger charge is -2.27. The summed E-state index contributed by atoms with van der Waals surface area (Å²) in [4.78, 5) is 0. The second kappa shape index (κ2) is 6.30. The summed E-state index contributed by atoms with van der Waals surface area (Å²) in [7, 11) is 0. The van der Waals surface area contributed by atoms with E-state index in [0.717, 1.165) is 0 Å². The monoisotopic (exact) mass is 294 g/mol. The van der Waals surface area contributed by atoms with E-state index in [1.54, 1.807) is 0 Å². The summed E-state index contributed by atoms with van der Waals surface area (Å²) in [6.07, 6.45) is -10.6. The molecule has 0 heterocycles. The minimum Gasteiger partial charge on any atom is -0.312 e. The van der Waals surface area contributed by atoms with Crippen molar-refractivity contribution in [2.24, 2.45) is 5.92 Å². The molecule has 0 aromatic carbocycles. The van der Waals surface area contributed by atoms with E-state index in [4.69, 9.17) is 0 Å². The van der Waals surface area contributed by atoms with Crippen molar-refractivity contribution in [1.29, 1.82) is 0 Å². The predicted octanol–water partition coefficient (Wildman–Crippen LogP) is 3.09. The Morgan fingerprint density at radius 3 is 1.58 bits per heavy atom. The van der Waals surface area contributed by atoms with E-state index in [1.165, 1.54) is 6.92 Å². The van der Waals surface area contributed by atoms with Gasteiger partial charge in [0, 0.05) is 24.7 Å². The Morgan fingerprint density at radius 2 is 1.26 bits per heavy atom. The highest BCUT2D eigenvalue weighted by Crippen LogP contribution is 2.38. The van der Waals surface area contributed by atoms with Gasteiger partial charge in [-0.2, -0.15) is 26.3 Å². The van der Waals surface area contributed by atoms with E-state index in [9.17, 15) is 26.3 Å². The molecule has 0 aliphatic heterocycles. The number of hydrogen-bond acceptors (Lipinski definition) is 2.